The molecule has 1 aliphatic heterocycles. The minimum absolute atomic E-state index is 0.0387. The van der Waals surface area contributed by atoms with Crippen molar-refractivity contribution in [2.45, 2.75) is 44.2 Å². The lowest BCUT2D eigenvalue weighted by atomic mass is 9.91. The molecule has 130 valence electrons. The number of aryl methyl sites for hydroxylation is 1. The molecule has 2 aliphatic rings. The highest BCUT2D eigenvalue weighted by Crippen LogP contribution is 2.31. The fourth-order valence-corrected chi connectivity index (χ4v) is 4.27. The SMILES string of the molecule is N#C[C@@H]1CCCN1C(=O)CNC1CCc2[nH]c3ccc(Cl)cc3c2C1. The molecule has 4 rings (SSSR count). The number of hydrogen-bond acceptors (Lipinski definition) is 3. The highest BCUT2D eigenvalue weighted by molar-refractivity contribution is 6.31. The van der Waals surface area contributed by atoms with Gasteiger partial charge in [-0.1, -0.05) is 11.6 Å². The predicted octanol–water partition coefficient (Wildman–Crippen LogP) is 2.78. The monoisotopic (exact) mass is 356 g/mol. The number of halogens is 1. The van der Waals surface area contributed by atoms with Crippen molar-refractivity contribution in [2.75, 3.05) is 13.1 Å². The van der Waals surface area contributed by atoms with Crippen LogP contribution in [-0.4, -0.2) is 41.0 Å². The molecule has 6 heteroatoms. The van der Waals surface area contributed by atoms with Gasteiger partial charge in [0, 0.05) is 34.2 Å². The second-order valence-corrected chi connectivity index (χ2v) is 7.40. The summed E-state index contributed by atoms with van der Waals surface area (Å²) in [6.07, 6.45) is 4.59. The Balaban J connectivity index is 1.43. The van der Waals surface area contributed by atoms with Gasteiger partial charge in [0.1, 0.15) is 6.04 Å². The van der Waals surface area contributed by atoms with E-state index in [1.54, 1.807) is 4.90 Å². The van der Waals surface area contributed by atoms with Gasteiger partial charge < -0.3 is 15.2 Å². The van der Waals surface area contributed by atoms with Crippen LogP contribution in [0.15, 0.2) is 18.2 Å². The first-order valence-corrected chi connectivity index (χ1v) is 9.25. The first-order chi connectivity index (χ1) is 12.2. The van der Waals surface area contributed by atoms with Gasteiger partial charge in [-0.25, -0.2) is 0 Å². The van der Waals surface area contributed by atoms with Crippen LogP contribution in [0.1, 0.15) is 30.5 Å². The number of nitriles is 1. The van der Waals surface area contributed by atoms with E-state index in [0.717, 1.165) is 42.6 Å². The number of likely N-dealkylation sites (tertiary alicyclic amines) is 1. The van der Waals surface area contributed by atoms with Crippen LogP contribution in [0.3, 0.4) is 0 Å². The van der Waals surface area contributed by atoms with E-state index < -0.39 is 0 Å². The van der Waals surface area contributed by atoms with E-state index in [4.69, 9.17) is 16.9 Å². The molecule has 1 unspecified atom stereocenters. The summed E-state index contributed by atoms with van der Waals surface area (Å²) in [5, 5.41) is 14.5. The number of carbonyl (C=O) groups is 1. The van der Waals surface area contributed by atoms with E-state index in [1.807, 2.05) is 18.2 Å². The maximum atomic E-state index is 12.4. The van der Waals surface area contributed by atoms with Gasteiger partial charge in [0.05, 0.1) is 12.6 Å². The van der Waals surface area contributed by atoms with Crippen molar-refractivity contribution in [1.82, 2.24) is 15.2 Å². The summed E-state index contributed by atoms with van der Waals surface area (Å²) in [7, 11) is 0. The third kappa shape index (κ3) is 3.12. The van der Waals surface area contributed by atoms with E-state index >= 15 is 0 Å². The highest BCUT2D eigenvalue weighted by atomic mass is 35.5. The van der Waals surface area contributed by atoms with Crippen LogP contribution < -0.4 is 5.32 Å². The van der Waals surface area contributed by atoms with Crippen LogP contribution in [0.2, 0.25) is 5.02 Å². The Morgan fingerprint density at radius 2 is 2.32 bits per heavy atom. The molecule has 2 aromatic rings. The fourth-order valence-electron chi connectivity index (χ4n) is 4.10. The number of amides is 1. The minimum Gasteiger partial charge on any atom is -0.358 e. The fraction of sp³-hybridized carbons (Fsp3) is 0.474. The molecular formula is C19H21ClN4O. The van der Waals surface area contributed by atoms with E-state index in [9.17, 15) is 4.79 Å². The summed E-state index contributed by atoms with van der Waals surface area (Å²) in [6.45, 7) is 1.01. The quantitative estimate of drug-likeness (QED) is 0.888. The van der Waals surface area contributed by atoms with Gasteiger partial charge >= 0.3 is 0 Å². The van der Waals surface area contributed by atoms with Crippen LogP contribution in [0.5, 0.6) is 0 Å². The van der Waals surface area contributed by atoms with Crippen molar-refractivity contribution in [1.29, 1.82) is 5.26 Å². The summed E-state index contributed by atoms with van der Waals surface area (Å²) in [5.41, 5.74) is 3.72. The lowest BCUT2D eigenvalue weighted by Crippen LogP contribution is -2.44. The van der Waals surface area contributed by atoms with Gasteiger partial charge in [-0.2, -0.15) is 5.26 Å². The zero-order valence-corrected chi connectivity index (χ0v) is 14.8. The second-order valence-electron chi connectivity index (χ2n) is 6.97. The van der Waals surface area contributed by atoms with Crippen molar-refractivity contribution in [2.24, 2.45) is 0 Å². The molecule has 0 saturated carbocycles. The molecule has 5 nitrogen and oxygen atoms in total. The van der Waals surface area contributed by atoms with Gasteiger partial charge in [-0.3, -0.25) is 4.79 Å². The van der Waals surface area contributed by atoms with Gasteiger partial charge in [0.15, 0.2) is 0 Å². The number of benzene rings is 1. The molecule has 2 atom stereocenters. The average molecular weight is 357 g/mol. The van der Waals surface area contributed by atoms with Crippen LogP contribution >= 0.6 is 11.6 Å². The normalized spacial score (nSPS) is 22.8. The second kappa shape index (κ2) is 6.70. The van der Waals surface area contributed by atoms with E-state index in [-0.39, 0.29) is 18.0 Å². The molecule has 2 N–H and O–H groups in total. The van der Waals surface area contributed by atoms with Gasteiger partial charge in [-0.15, -0.1) is 0 Å². The summed E-state index contributed by atoms with van der Waals surface area (Å²) >= 11 is 6.15. The number of aromatic amines is 1. The topological polar surface area (TPSA) is 71.9 Å². The van der Waals surface area contributed by atoms with Crippen LogP contribution in [-0.2, 0) is 17.6 Å². The minimum atomic E-state index is -0.247. The largest absolute Gasteiger partial charge is 0.358 e. The summed E-state index contributed by atoms with van der Waals surface area (Å²) < 4.78 is 0. The number of nitrogens with zero attached hydrogens (tertiary/aromatic N) is 2. The summed E-state index contributed by atoms with van der Waals surface area (Å²) in [6, 6.07) is 8.20. The average Bonchev–Trinajstić information content (AvgIpc) is 3.23. The molecule has 1 aliphatic carbocycles. The van der Waals surface area contributed by atoms with Crippen LogP contribution in [0.25, 0.3) is 10.9 Å². The molecule has 0 spiro atoms. The lowest BCUT2D eigenvalue weighted by Gasteiger charge is -2.25. The Kier molecular flexibility index (Phi) is 4.41. The smallest absolute Gasteiger partial charge is 0.237 e. The molecule has 1 amide bonds. The van der Waals surface area contributed by atoms with Crippen molar-refractivity contribution >= 4 is 28.4 Å². The molecule has 25 heavy (non-hydrogen) atoms. The molecule has 0 radical (unpaired) electrons. The molecule has 1 saturated heterocycles. The molecule has 1 aromatic heterocycles. The first kappa shape index (κ1) is 16.4. The Hall–Kier alpha value is -2.03. The third-order valence-electron chi connectivity index (χ3n) is 5.41. The number of aromatic nitrogens is 1. The molecule has 2 heterocycles. The number of carbonyl (C=O) groups excluding carboxylic acids is 1. The van der Waals surface area contributed by atoms with Crippen molar-refractivity contribution in [3.8, 4) is 6.07 Å². The maximum absolute atomic E-state index is 12.4. The molecule has 0 bridgehead atoms. The molecule has 1 aromatic carbocycles. The summed E-state index contributed by atoms with van der Waals surface area (Å²) in [5.74, 6) is 0.0387. The van der Waals surface area contributed by atoms with Crippen molar-refractivity contribution < 1.29 is 4.79 Å². The Morgan fingerprint density at radius 3 is 3.16 bits per heavy atom. The Labute approximate surface area is 151 Å². The van der Waals surface area contributed by atoms with E-state index in [0.29, 0.717) is 13.1 Å². The van der Waals surface area contributed by atoms with Crippen molar-refractivity contribution in [3.63, 3.8) is 0 Å². The van der Waals surface area contributed by atoms with E-state index in [2.05, 4.69) is 16.4 Å². The number of hydrogen-bond donors (Lipinski definition) is 2. The van der Waals surface area contributed by atoms with Crippen LogP contribution in [0, 0.1) is 11.3 Å². The number of H-pyrrole nitrogens is 1. The third-order valence-corrected chi connectivity index (χ3v) is 5.65. The number of fused-ring (bicyclic) bond motifs is 3. The van der Waals surface area contributed by atoms with Gasteiger partial charge in [-0.05, 0) is 55.9 Å². The Morgan fingerprint density at radius 1 is 1.44 bits per heavy atom. The first-order valence-electron chi connectivity index (χ1n) is 8.87. The molecular weight excluding hydrogens is 336 g/mol. The zero-order valence-electron chi connectivity index (χ0n) is 14.0. The van der Waals surface area contributed by atoms with E-state index in [1.165, 1.54) is 16.6 Å². The van der Waals surface area contributed by atoms with Gasteiger partial charge in [0.2, 0.25) is 5.91 Å². The maximum Gasteiger partial charge on any atom is 0.237 e. The number of rotatable bonds is 3. The number of nitrogens with one attached hydrogen (secondary N) is 2. The highest BCUT2D eigenvalue weighted by Gasteiger charge is 2.29. The molecule has 1 fully saturated rings. The summed E-state index contributed by atoms with van der Waals surface area (Å²) in [4.78, 5) is 17.6. The van der Waals surface area contributed by atoms with Crippen molar-refractivity contribution in [3.05, 3.63) is 34.5 Å². The predicted molar refractivity (Wildman–Crippen MR) is 97.5 cm³/mol. The lowest BCUT2D eigenvalue weighted by molar-refractivity contribution is -0.130. The Bertz CT molecular complexity index is 853. The zero-order chi connectivity index (χ0) is 17.4. The van der Waals surface area contributed by atoms with Crippen LogP contribution in [0.4, 0.5) is 0 Å². The van der Waals surface area contributed by atoms with Gasteiger partial charge in [0.25, 0.3) is 0 Å². The standard InChI is InChI=1S/C19H21ClN4O/c20-12-3-5-17-15(8-12)16-9-13(4-6-18(16)23-17)22-11-19(25)24-7-1-2-14(24)10-21/h3,5,8,13-14,22-23H,1-2,4,6-7,9,11H2/t13?,14-/m0/s1.